The highest BCUT2D eigenvalue weighted by molar-refractivity contribution is 9.10. The van der Waals surface area contributed by atoms with Crippen molar-refractivity contribution in [1.29, 1.82) is 0 Å². The average molecular weight is 332 g/mol. The molecule has 1 unspecified atom stereocenters. The first-order valence-electron chi connectivity index (χ1n) is 5.88. The molecule has 1 aromatic rings. The van der Waals surface area contributed by atoms with E-state index < -0.39 is 17.7 Å². The number of carboxylic acid groups (broad SMARTS) is 1. The molecule has 0 radical (unpaired) electrons. The molecule has 1 amide bonds. The van der Waals surface area contributed by atoms with E-state index in [-0.39, 0.29) is 18.0 Å². The zero-order valence-corrected chi connectivity index (χ0v) is 12.0. The van der Waals surface area contributed by atoms with E-state index >= 15 is 0 Å². The smallest absolute Gasteiger partial charge is 0.303 e. The Morgan fingerprint density at radius 2 is 2.16 bits per heavy atom. The van der Waals surface area contributed by atoms with Crippen molar-refractivity contribution in [1.82, 2.24) is 5.32 Å². The largest absolute Gasteiger partial charge is 0.481 e. The molecule has 19 heavy (non-hydrogen) atoms. The minimum atomic E-state index is -0.864. The van der Waals surface area contributed by atoms with Crippen LogP contribution in [0.4, 0.5) is 4.39 Å². The van der Waals surface area contributed by atoms with Gasteiger partial charge in [0.25, 0.3) is 5.91 Å². The summed E-state index contributed by atoms with van der Waals surface area (Å²) in [6, 6.07) is 3.94. The second-order valence-electron chi connectivity index (χ2n) is 4.28. The molecular weight excluding hydrogens is 317 g/mol. The predicted octanol–water partition coefficient (Wildman–Crippen LogP) is 2.96. The van der Waals surface area contributed by atoms with E-state index in [1.54, 1.807) is 6.92 Å². The van der Waals surface area contributed by atoms with Gasteiger partial charge in [-0.25, -0.2) is 4.39 Å². The molecule has 6 heteroatoms. The first-order valence-corrected chi connectivity index (χ1v) is 6.67. The van der Waals surface area contributed by atoms with Gasteiger partial charge in [-0.3, -0.25) is 9.59 Å². The molecule has 0 aliphatic heterocycles. The average Bonchev–Trinajstić information content (AvgIpc) is 2.31. The molecule has 0 saturated carbocycles. The van der Waals surface area contributed by atoms with Gasteiger partial charge in [0.05, 0.1) is 5.56 Å². The van der Waals surface area contributed by atoms with E-state index in [2.05, 4.69) is 21.2 Å². The number of amides is 1. The van der Waals surface area contributed by atoms with Gasteiger partial charge in [-0.2, -0.15) is 0 Å². The van der Waals surface area contributed by atoms with Gasteiger partial charge in [-0.05, 0) is 38.0 Å². The number of benzene rings is 1. The lowest BCUT2D eigenvalue weighted by atomic mass is 10.1. The third kappa shape index (κ3) is 5.38. The van der Waals surface area contributed by atoms with Crippen LogP contribution in [0.25, 0.3) is 0 Å². The van der Waals surface area contributed by atoms with Crippen LogP contribution in [-0.4, -0.2) is 23.0 Å². The molecule has 4 nitrogen and oxygen atoms in total. The van der Waals surface area contributed by atoms with Crippen LogP contribution in [0.1, 0.15) is 36.5 Å². The highest BCUT2D eigenvalue weighted by atomic mass is 79.9. The van der Waals surface area contributed by atoms with Crippen molar-refractivity contribution in [2.45, 2.75) is 32.2 Å². The number of carbonyl (C=O) groups is 2. The van der Waals surface area contributed by atoms with E-state index in [9.17, 15) is 14.0 Å². The molecule has 1 atom stereocenters. The van der Waals surface area contributed by atoms with Crippen LogP contribution in [-0.2, 0) is 4.79 Å². The van der Waals surface area contributed by atoms with Crippen molar-refractivity contribution in [2.24, 2.45) is 0 Å². The van der Waals surface area contributed by atoms with E-state index in [0.29, 0.717) is 17.3 Å². The third-order valence-corrected chi connectivity index (χ3v) is 3.07. The summed E-state index contributed by atoms with van der Waals surface area (Å²) in [5.41, 5.74) is -0.0283. The second-order valence-corrected chi connectivity index (χ2v) is 5.20. The molecule has 0 aliphatic rings. The quantitative estimate of drug-likeness (QED) is 0.842. The van der Waals surface area contributed by atoms with E-state index in [1.165, 1.54) is 18.2 Å². The maximum atomic E-state index is 13.5. The van der Waals surface area contributed by atoms with Crippen molar-refractivity contribution < 1.29 is 19.1 Å². The summed E-state index contributed by atoms with van der Waals surface area (Å²) in [4.78, 5) is 22.2. The van der Waals surface area contributed by atoms with Gasteiger partial charge >= 0.3 is 5.97 Å². The van der Waals surface area contributed by atoms with Gasteiger partial charge in [-0.15, -0.1) is 0 Å². The number of hydrogen-bond donors (Lipinski definition) is 2. The van der Waals surface area contributed by atoms with E-state index in [0.717, 1.165) is 0 Å². The Labute approximate surface area is 119 Å². The number of halogens is 2. The Kier molecular flexibility index (Phi) is 5.95. The van der Waals surface area contributed by atoms with Gasteiger partial charge in [-0.1, -0.05) is 15.9 Å². The predicted molar refractivity (Wildman–Crippen MR) is 72.5 cm³/mol. The fraction of sp³-hybridized carbons (Fsp3) is 0.385. The van der Waals surface area contributed by atoms with Crippen LogP contribution in [0.2, 0.25) is 0 Å². The van der Waals surface area contributed by atoms with Crippen molar-refractivity contribution in [3.63, 3.8) is 0 Å². The molecule has 1 rings (SSSR count). The Balaban J connectivity index is 2.54. The first-order chi connectivity index (χ1) is 8.90. The number of aliphatic carboxylic acids is 1. The van der Waals surface area contributed by atoms with Gasteiger partial charge in [0.1, 0.15) is 5.82 Å². The molecule has 0 heterocycles. The van der Waals surface area contributed by atoms with Crippen molar-refractivity contribution in [2.75, 3.05) is 0 Å². The fourth-order valence-electron chi connectivity index (χ4n) is 1.60. The fourth-order valence-corrected chi connectivity index (χ4v) is 1.97. The Morgan fingerprint density at radius 1 is 1.47 bits per heavy atom. The van der Waals surface area contributed by atoms with Gasteiger partial charge in [0.15, 0.2) is 0 Å². The van der Waals surface area contributed by atoms with Crippen LogP contribution in [0.15, 0.2) is 22.7 Å². The van der Waals surface area contributed by atoms with Crippen molar-refractivity contribution in [3.05, 3.63) is 34.1 Å². The summed E-state index contributed by atoms with van der Waals surface area (Å²) in [5, 5.41) is 11.2. The van der Waals surface area contributed by atoms with Gasteiger partial charge < -0.3 is 10.4 Å². The molecule has 0 saturated heterocycles. The maximum absolute atomic E-state index is 13.5. The van der Waals surface area contributed by atoms with Crippen LogP contribution in [0, 0.1) is 5.82 Å². The summed E-state index contributed by atoms with van der Waals surface area (Å²) in [6.45, 7) is 1.76. The summed E-state index contributed by atoms with van der Waals surface area (Å²) in [5.74, 6) is -1.95. The highest BCUT2D eigenvalue weighted by Gasteiger charge is 2.14. The standard InChI is InChI=1S/C13H15BrFNO3/c1-8(3-2-4-12(17)18)16-13(19)10-7-9(14)5-6-11(10)15/h5-8H,2-4H2,1H3,(H,16,19)(H,17,18). The minimum Gasteiger partial charge on any atom is -0.481 e. The molecule has 104 valence electrons. The lowest BCUT2D eigenvalue weighted by molar-refractivity contribution is -0.137. The second kappa shape index (κ2) is 7.23. The zero-order chi connectivity index (χ0) is 14.4. The number of nitrogens with one attached hydrogen (secondary N) is 1. The van der Waals surface area contributed by atoms with Crippen LogP contribution >= 0.6 is 15.9 Å². The van der Waals surface area contributed by atoms with E-state index in [1.807, 2.05) is 0 Å². The molecule has 2 N–H and O–H groups in total. The first kappa shape index (κ1) is 15.6. The lowest BCUT2D eigenvalue weighted by Gasteiger charge is -2.13. The minimum absolute atomic E-state index is 0.0283. The van der Waals surface area contributed by atoms with Gasteiger partial charge in [0.2, 0.25) is 0 Å². The zero-order valence-electron chi connectivity index (χ0n) is 10.5. The molecule has 1 aromatic carbocycles. The van der Waals surface area contributed by atoms with Crippen LogP contribution in [0.3, 0.4) is 0 Å². The molecule has 0 aromatic heterocycles. The molecule has 0 bridgehead atoms. The normalized spacial score (nSPS) is 11.9. The SMILES string of the molecule is CC(CCCC(=O)O)NC(=O)c1cc(Br)ccc1F. The summed E-state index contributed by atoms with van der Waals surface area (Å²) in [6.07, 6.45) is 1.07. The third-order valence-electron chi connectivity index (χ3n) is 2.58. The summed E-state index contributed by atoms with van der Waals surface area (Å²) in [7, 11) is 0. The molecular formula is C13H15BrFNO3. The highest BCUT2D eigenvalue weighted by Crippen LogP contribution is 2.15. The number of carbonyl (C=O) groups excluding carboxylic acids is 1. The number of carboxylic acids is 1. The Bertz CT molecular complexity index is 479. The molecule has 0 spiro atoms. The molecule has 0 aliphatic carbocycles. The van der Waals surface area contributed by atoms with Crippen LogP contribution in [0.5, 0.6) is 0 Å². The number of hydrogen-bond acceptors (Lipinski definition) is 2. The van der Waals surface area contributed by atoms with Crippen molar-refractivity contribution >= 4 is 27.8 Å². The molecule has 0 fully saturated rings. The summed E-state index contributed by atoms with van der Waals surface area (Å²) < 4.78 is 14.1. The topological polar surface area (TPSA) is 66.4 Å². The lowest BCUT2D eigenvalue weighted by Crippen LogP contribution is -2.33. The van der Waals surface area contributed by atoms with Crippen LogP contribution < -0.4 is 5.32 Å². The summed E-state index contributed by atoms with van der Waals surface area (Å²) >= 11 is 3.18. The van der Waals surface area contributed by atoms with E-state index in [4.69, 9.17) is 5.11 Å². The Morgan fingerprint density at radius 3 is 2.79 bits per heavy atom. The van der Waals surface area contributed by atoms with Crippen molar-refractivity contribution in [3.8, 4) is 0 Å². The number of rotatable bonds is 6. The Hall–Kier alpha value is -1.43. The maximum Gasteiger partial charge on any atom is 0.303 e. The van der Waals surface area contributed by atoms with Gasteiger partial charge in [0, 0.05) is 16.9 Å². The monoisotopic (exact) mass is 331 g/mol.